The molecule has 1 amide bonds. The SMILES string of the molecule is Cc1ccc(NC(=O)c2c(F)ccc(N)c2F)cc1O. The van der Waals surface area contributed by atoms with Gasteiger partial charge < -0.3 is 16.2 Å². The number of carbonyl (C=O) groups excluding carboxylic acids is 1. The Morgan fingerprint density at radius 2 is 1.95 bits per heavy atom. The van der Waals surface area contributed by atoms with E-state index in [1.807, 2.05) is 0 Å². The summed E-state index contributed by atoms with van der Waals surface area (Å²) in [5.74, 6) is -3.13. The van der Waals surface area contributed by atoms with E-state index in [0.717, 1.165) is 12.1 Å². The zero-order valence-corrected chi connectivity index (χ0v) is 10.6. The number of hydrogen-bond donors (Lipinski definition) is 3. The smallest absolute Gasteiger partial charge is 0.261 e. The maximum absolute atomic E-state index is 13.7. The zero-order valence-electron chi connectivity index (χ0n) is 10.6. The molecule has 0 bridgehead atoms. The predicted molar refractivity (Wildman–Crippen MR) is 71.6 cm³/mol. The Hall–Kier alpha value is -2.63. The lowest BCUT2D eigenvalue weighted by atomic mass is 10.1. The average molecular weight is 278 g/mol. The van der Waals surface area contributed by atoms with Gasteiger partial charge in [0.15, 0.2) is 5.82 Å². The van der Waals surface area contributed by atoms with Gasteiger partial charge in [0.05, 0.1) is 5.69 Å². The molecule has 2 aromatic rings. The van der Waals surface area contributed by atoms with E-state index < -0.39 is 23.1 Å². The summed E-state index contributed by atoms with van der Waals surface area (Å²) >= 11 is 0. The molecular weight excluding hydrogens is 266 g/mol. The van der Waals surface area contributed by atoms with Crippen LogP contribution in [-0.2, 0) is 0 Å². The third-order valence-corrected chi connectivity index (χ3v) is 2.82. The van der Waals surface area contributed by atoms with Crippen LogP contribution >= 0.6 is 0 Å². The second kappa shape index (κ2) is 5.16. The number of aromatic hydroxyl groups is 1. The Kier molecular flexibility index (Phi) is 3.56. The van der Waals surface area contributed by atoms with E-state index >= 15 is 0 Å². The number of phenolic OH excluding ortho intramolecular Hbond substituents is 1. The van der Waals surface area contributed by atoms with Crippen LogP contribution in [0.3, 0.4) is 0 Å². The molecule has 0 aliphatic rings. The third kappa shape index (κ3) is 2.54. The molecule has 0 aromatic heterocycles. The number of nitrogen functional groups attached to an aromatic ring is 1. The highest BCUT2D eigenvalue weighted by Crippen LogP contribution is 2.23. The van der Waals surface area contributed by atoms with Crippen molar-refractivity contribution in [2.75, 3.05) is 11.1 Å². The van der Waals surface area contributed by atoms with Crippen molar-refractivity contribution in [3.8, 4) is 5.75 Å². The minimum absolute atomic E-state index is 0.0312. The molecule has 0 radical (unpaired) electrons. The van der Waals surface area contributed by atoms with Crippen LogP contribution in [0.2, 0.25) is 0 Å². The molecule has 0 saturated carbocycles. The number of hydrogen-bond acceptors (Lipinski definition) is 3. The first-order valence-corrected chi connectivity index (χ1v) is 5.74. The molecule has 0 saturated heterocycles. The first-order valence-electron chi connectivity index (χ1n) is 5.74. The number of rotatable bonds is 2. The Labute approximate surface area is 113 Å². The van der Waals surface area contributed by atoms with Crippen molar-refractivity contribution < 1.29 is 18.7 Å². The lowest BCUT2D eigenvalue weighted by Crippen LogP contribution is -2.16. The van der Waals surface area contributed by atoms with Crippen molar-refractivity contribution in [3.05, 3.63) is 53.1 Å². The molecular formula is C14H12F2N2O2. The number of amides is 1. The number of anilines is 2. The van der Waals surface area contributed by atoms with Crippen LogP contribution in [0.5, 0.6) is 5.75 Å². The summed E-state index contributed by atoms with van der Waals surface area (Å²) in [4.78, 5) is 11.9. The van der Waals surface area contributed by atoms with E-state index in [2.05, 4.69) is 5.32 Å². The number of halogens is 2. The van der Waals surface area contributed by atoms with Crippen molar-refractivity contribution in [3.63, 3.8) is 0 Å². The quantitative estimate of drug-likeness (QED) is 0.739. The largest absolute Gasteiger partial charge is 0.508 e. The van der Waals surface area contributed by atoms with Gasteiger partial charge in [0.25, 0.3) is 5.91 Å². The second-order valence-corrected chi connectivity index (χ2v) is 4.28. The minimum atomic E-state index is -1.11. The maximum atomic E-state index is 13.7. The molecule has 2 aromatic carbocycles. The van der Waals surface area contributed by atoms with Gasteiger partial charge >= 0.3 is 0 Å². The average Bonchev–Trinajstić information content (AvgIpc) is 2.39. The Balaban J connectivity index is 2.33. The van der Waals surface area contributed by atoms with Crippen molar-refractivity contribution in [2.45, 2.75) is 6.92 Å². The number of benzene rings is 2. The molecule has 0 spiro atoms. The summed E-state index contributed by atoms with van der Waals surface area (Å²) in [5.41, 5.74) is 5.06. The third-order valence-electron chi connectivity index (χ3n) is 2.82. The van der Waals surface area contributed by atoms with Crippen molar-refractivity contribution in [2.24, 2.45) is 0 Å². The van der Waals surface area contributed by atoms with E-state index in [1.54, 1.807) is 13.0 Å². The van der Waals surface area contributed by atoms with Crippen LogP contribution in [0, 0.1) is 18.6 Å². The molecule has 20 heavy (non-hydrogen) atoms. The second-order valence-electron chi connectivity index (χ2n) is 4.28. The highest BCUT2D eigenvalue weighted by Gasteiger charge is 2.19. The summed E-state index contributed by atoms with van der Waals surface area (Å²) in [6.45, 7) is 1.68. The standard InChI is InChI=1S/C14H12F2N2O2/c1-7-2-3-8(6-11(7)19)18-14(20)12-9(15)4-5-10(17)13(12)16/h2-6,19H,17H2,1H3,(H,18,20). The molecule has 4 N–H and O–H groups in total. The van der Waals surface area contributed by atoms with E-state index in [9.17, 15) is 18.7 Å². The Morgan fingerprint density at radius 1 is 1.25 bits per heavy atom. The van der Waals surface area contributed by atoms with Gasteiger partial charge in [0, 0.05) is 11.8 Å². The fraction of sp³-hybridized carbons (Fsp3) is 0.0714. The minimum Gasteiger partial charge on any atom is -0.508 e. The summed E-state index contributed by atoms with van der Waals surface area (Å²) < 4.78 is 27.2. The molecule has 0 unspecified atom stereocenters. The molecule has 2 rings (SSSR count). The first kappa shape index (κ1) is 13.8. The van der Waals surface area contributed by atoms with Crippen molar-refractivity contribution >= 4 is 17.3 Å². The fourth-order valence-electron chi connectivity index (χ4n) is 1.66. The number of aryl methyl sites for hydroxylation is 1. The maximum Gasteiger partial charge on any atom is 0.261 e. The molecule has 0 heterocycles. The Bertz CT molecular complexity index is 687. The monoisotopic (exact) mass is 278 g/mol. The van der Waals surface area contributed by atoms with Crippen LogP contribution in [0.15, 0.2) is 30.3 Å². The van der Waals surface area contributed by atoms with Gasteiger partial charge in [-0.15, -0.1) is 0 Å². The van der Waals surface area contributed by atoms with Gasteiger partial charge in [-0.25, -0.2) is 8.78 Å². The van der Waals surface area contributed by atoms with Gasteiger partial charge in [0.2, 0.25) is 0 Å². The zero-order chi connectivity index (χ0) is 14.9. The van der Waals surface area contributed by atoms with Gasteiger partial charge in [-0.1, -0.05) is 6.07 Å². The van der Waals surface area contributed by atoms with Gasteiger partial charge in [-0.05, 0) is 30.7 Å². The van der Waals surface area contributed by atoms with Crippen molar-refractivity contribution in [1.82, 2.24) is 0 Å². The lowest BCUT2D eigenvalue weighted by Gasteiger charge is -2.09. The van der Waals surface area contributed by atoms with Crippen LogP contribution in [0.1, 0.15) is 15.9 Å². The summed E-state index contributed by atoms with van der Waals surface area (Å²) in [7, 11) is 0. The highest BCUT2D eigenvalue weighted by molar-refractivity contribution is 6.05. The van der Waals surface area contributed by atoms with E-state index in [-0.39, 0.29) is 17.1 Å². The molecule has 0 fully saturated rings. The van der Waals surface area contributed by atoms with Gasteiger partial charge in [-0.3, -0.25) is 4.79 Å². The highest BCUT2D eigenvalue weighted by atomic mass is 19.1. The normalized spacial score (nSPS) is 10.3. The molecule has 0 aliphatic heterocycles. The van der Waals surface area contributed by atoms with Crippen LogP contribution in [-0.4, -0.2) is 11.0 Å². The van der Waals surface area contributed by atoms with Crippen LogP contribution in [0.4, 0.5) is 20.2 Å². The van der Waals surface area contributed by atoms with Gasteiger partial charge in [-0.2, -0.15) is 0 Å². The molecule has 4 nitrogen and oxygen atoms in total. The molecule has 104 valence electrons. The molecule has 0 atom stereocenters. The number of nitrogens with one attached hydrogen (secondary N) is 1. The van der Waals surface area contributed by atoms with E-state index in [0.29, 0.717) is 5.56 Å². The fourth-order valence-corrected chi connectivity index (χ4v) is 1.66. The van der Waals surface area contributed by atoms with Crippen molar-refractivity contribution in [1.29, 1.82) is 0 Å². The molecule has 6 heteroatoms. The van der Waals surface area contributed by atoms with Crippen LogP contribution < -0.4 is 11.1 Å². The lowest BCUT2D eigenvalue weighted by molar-refractivity contribution is 0.101. The summed E-state index contributed by atoms with van der Waals surface area (Å²) in [6, 6.07) is 6.32. The number of carbonyl (C=O) groups is 1. The van der Waals surface area contributed by atoms with Crippen LogP contribution in [0.25, 0.3) is 0 Å². The number of nitrogens with two attached hydrogens (primary N) is 1. The van der Waals surface area contributed by atoms with E-state index in [1.165, 1.54) is 12.1 Å². The first-order chi connectivity index (χ1) is 9.40. The summed E-state index contributed by atoms with van der Waals surface area (Å²) in [6.07, 6.45) is 0. The van der Waals surface area contributed by atoms with Gasteiger partial charge in [0.1, 0.15) is 17.1 Å². The molecule has 0 aliphatic carbocycles. The topological polar surface area (TPSA) is 75.4 Å². The number of phenols is 1. The Morgan fingerprint density at radius 3 is 2.60 bits per heavy atom. The summed E-state index contributed by atoms with van der Waals surface area (Å²) in [5, 5.41) is 11.8. The predicted octanol–water partition coefficient (Wildman–Crippen LogP) is 2.81. The van der Waals surface area contributed by atoms with E-state index in [4.69, 9.17) is 5.73 Å².